The molecular weight excluding hydrogens is 256 g/mol. The zero-order valence-electron chi connectivity index (χ0n) is 10.7. The molecule has 0 aliphatic carbocycles. The number of aromatic nitrogens is 1. The molecule has 0 fully saturated rings. The van der Waals surface area contributed by atoms with Gasteiger partial charge in [-0.2, -0.15) is 0 Å². The average Bonchev–Trinajstić information content (AvgIpc) is 2.46. The third-order valence-corrected chi connectivity index (χ3v) is 2.84. The molecule has 5 heteroatoms. The first-order chi connectivity index (χ1) is 9.66. The highest BCUT2D eigenvalue weighted by molar-refractivity contribution is 5.93. The molecule has 0 saturated carbocycles. The van der Waals surface area contributed by atoms with E-state index in [1.165, 1.54) is 0 Å². The van der Waals surface area contributed by atoms with Crippen molar-refractivity contribution in [3.8, 4) is 0 Å². The Labute approximate surface area is 116 Å². The van der Waals surface area contributed by atoms with Crippen molar-refractivity contribution in [1.29, 1.82) is 0 Å². The number of aliphatic carboxylic acids is 1. The Morgan fingerprint density at radius 1 is 1.05 bits per heavy atom. The summed E-state index contributed by atoms with van der Waals surface area (Å²) in [6, 6.07) is 10.4. The van der Waals surface area contributed by atoms with Crippen molar-refractivity contribution in [3.63, 3.8) is 0 Å². The van der Waals surface area contributed by atoms with Gasteiger partial charge in [0, 0.05) is 24.5 Å². The van der Waals surface area contributed by atoms with Crippen molar-refractivity contribution in [2.24, 2.45) is 0 Å². The molecule has 1 heterocycles. The summed E-state index contributed by atoms with van der Waals surface area (Å²) in [6.07, 6.45) is 3.04. The number of nitrogens with one attached hydrogen (secondary N) is 1. The van der Waals surface area contributed by atoms with Gasteiger partial charge in [0.2, 0.25) is 0 Å². The molecule has 0 unspecified atom stereocenters. The van der Waals surface area contributed by atoms with Crippen LogP contribution in [-0.4, -0.2) is 22.0 Å². The number of carboxylic acid groups (broad SMARTS) is 1. The van der Waals surface area contributed by atoms with E-state index in [1.807, 2.05) is 12.1 Å². The molecule has 0 radical (unpaired) electrons. The summed E-state index contributed by atoms with van der Waals surface area (Å²) in [6.45, 7) is 0.296. The van der Waals surface area contributed by atoms with Gasteiger partial charge in [-0.15, -0.1) is 0 Å². The van der Waals surface area contributed by atoms with Crippen LogP contribution < -0.4 is 5.32 Å². The van der Waals surface area contributed by atoms with E-state index in [4.69, 9.17) is 5.11 Å². The van der Waals surface area contributed by atoms with Gasteiger partial charge in [0.25, 0.3) is 5.91 Å². The number of benzene rings is 1. The van der Waals surface area contributed by atoms with Crippen molar-refractivity contribution in [2.75, 3.05) is 0 Å². The van der Waals surface area contributed by atoms with Gasteiger partial charge in [0.05, 0.1) is 6.42 Å². The SMILES string of the molecule is O=C(O)Cc1ccccc1CNC(=O)c1ccncc1. The third-order valence-electron chi connectivity index (χ3n) is 2.84. The fourth-order valence-corrected chi connectivity index (χ4v) is 1.85. The van der Waals surface area contributed by atoms with Crippen LogP contribution in [0.2, 0.25) is 0 Å². The summed E-state index contributed by atoms with van der Waals surface area (Å²) >= 11 is 0. The van der Waals surface area contributed by atoms with Gasteiger partial charge in [0.15, 0.2) is 0 Å². The summed E-state index contributed by atoms with van der Waals surface area (Å²) in [7, 11) is 0. The van der Waals surface area contributed by atoms with E-state index in [-0.39, 0.29) is 12.3 Å². The normalized spacial score (nSPS) is 10.0. The molecule has 1 aromatic carbocycles. The van der Waals surface area contributed by atoms with E-state index in [0.717, 1.165) is 5.56 Å². The van der Waals surface area contributed by atoms with Gasteiger partial charge < -0.3 is 10.4 Å². The van der Waals surface area contributed by atoms with Crippen molar-refractivity contribution >= 4 is 11.9 Å². The summed E-state index contributed by atoms with van der Waals surface area (Å²) in [5.41, 5.74) is 2.03. The lowest BCUT2D eigenvalue weighted by Crippen LogP contribution is -2.23. The Balaban J connectivity index is 2.04. The molecule has 1 amide bonds. The molecule has 0 spiro atoms. The van der Waals surface area contributed by atoms with Gasteiger partial charge >= 0.3 is 5.97 Å². The molecule has 0 aliphatic rings. The summed E-state index contributed by atoms with van der Waals surface area (Å²) in [5.74, 6) is -1.10. The van der Waals surface area contributed by atoms with E-state index >= 15 is 0 Å². The minimum atomic E-state index is -0.891. The topological polar surface area (TPSA) is 79.3 Å². The van der Waals surface area contributed by atoms with Crippen LogP contribution in [0.15, 0.2) is 48.8 Å². The second-order valence-electron chi connectivity index (χ2n) is 4.26. The van der Waals surface area contributed by atoms with Crippen molar-refractivity contribution in [3.05, 3.63) is 65.5 Å². The molecule has 0 bridgehead atoms. The lowest BCUT2D eigenvalue weighted by atomic mass is 10.0. The highest BCUT2D eigenvalue weighted by Crippen LogP contribution is 2.10. The number of carbonyl (C=O) groups excluding carboxylic acids is 1. The average molecular weight is 270 g/mol. The van der Waals surface area contributed by atoms with Crippen LogP contribution in [0.5, 0.6) is 0 Å². The van der Waals surface area contributed by atoms with Gasteiger partial charge in [0.1, 0.15) is 0 Å². The first-order valence-electron chi connectivity index (χ1n) is 6.13. The molecule has 102 valence electrons. The lowest BCUT2D eigenvalue weighted by Gasteiger charge is -2.09. The zero-order valence-corrected chi connectivity index (χ0v) is 10.7. The highest BCUT2D eigenvalue weighted by atomic mass is 16.4. The number of rotatable bonds is 5. The maximum absolute atomic E-state index is 11.9. The standard InChI is InChI=1S/C15H14N2O3/c18-14(19)9-12-3-1-2-4-13(12)10-17-15(20)11-5-7-16-8-6-11/h1-8H,9-10H2,(H,17,20)(H,18,19). The summed E-state index contributed by atoms with van der Waals surface area (Å²) in [4.78, 5) is 26.5. The second-order valence-corrected chi connectivity index (χ2v) is 4.26. The van der Waals surface area contributed by atoms with Crippen LogP contribution in [0, 0.1) is 0 Å². The van der Waals surface area contributed by atoms with Gasteiger partial charge in [-0.05, 0) is 23.3 Å². The number of carbonyl (C=O) groups is 2. The predicted octanol–water partition coefficient (Wildman–Crippen LogP) is 1.64. The predicted molar refractivity (Wildman–Crippen MR) is 73.2 cm³/mol. The first kappa shape index (κ1) is 13.7. The minimum Gasteiger partial charge on any atom is -0.481 e. The number of hydrogen-bond donors (Lipinski definition) is 2. The Kier molecular flexibility index (Phi) is 4.44. The monoisotopic (exact) mass is 270 g/mol. The number of nitrogens with zero attached hydrogens (tertiary/aromatic N) is 1. The van der Waals surface area contributed by atoms with Crippen LogP contribution in [0.1, 0.15) is 21.5 Å². The Hall–Kier alpha value is -2.69. The largest absolute Gasteiger partial charge is 0.481 e. The molecule has 1 aromatic heterocycles. The summed E-state index contributed by atoms with van der Waals surface area (Å²) in [5, 5.41) is 11.6. The molecule has 5 nitrogen and oxygen atoms in total. The fraction of sp³-hybridized carbons (Fsp3) is 0.133. The van der Waals surface area contributed by atoms with E-state index in [9.17, 15) is 9.59 Å². The van der Waals surface area contributed by atoms with E-state index in [0.29, 0.717) is 17.7 Å². The summed E-state index contributed by atoms with van der Waals surface area (Å²) < 4.78 is 0. The van der Waals surface area contributed by atoms with Crippen molar-refractivity contribution in [1.82, 2.24) is 10.3 Å². The molecule has 2 aromatic rings. The van der Waals surface area contributed by atoms with E-state index in [2.05, 4.69) is 10.3 Å². The number of carboxylic acids is 1. The van der Waals surface area contributed by atoms with Crippen molar-refractivity contribution in [2.45, 2.75) is 13.0 Å². The smallest absolute Gasteiger partial charge is 0.307 e. The maximum atomic E-state index is 11.9. The molecule has 2 N–H and O–H groups in total. The van der Waals surface area contributed by atoms with Gasteiger partial charge in [-0.25, -0.2) is 0 Å². The van der Waals surface area contributed by atoms with E-state index < -0.39 is 5.97 Å². The number of hydrogen-bond acceptors (Lipinski definition) is 3. The highest BCUT2D eigenvalue weighted by Gasteiger charge is 2.08. The number of amides is 1. The Morgan fingerprint density at radius 2 is 1.70 bits per heavy atom. The first-order valence-corrected chi connectivity index (χ1v) is 6.13. The zero-order chi connectivity index (χ0) is 14.4. The molecule has 2 rings (SSSR count). The van der Waals surface area contributed by atoms with Crippen LogP contribution in [-0.2, 0) is 17.8 Å². The number of pyridine rings is 1. The van der Waals surface area contributed by atoms with Gasteiger partial charge in [-0.3, -0.25) is 14.6 Å². The Morgan fingerprint density at radius 3 is 2.35 bits per heavy atom. The quantitative estimate of drug-likeness (QED) is 0.865. The van der Waals surface area contributed by atoms with Crippen LogP contribution in [0.25, 0.3) is 0 Å². The molecule has 20 heavy (non-hydrogen) atoms. The van der Waals surface area contributed by atoms with Crippen LogP contribution in [0.3, 0.4) is 0 Å². The Bertz CT molecular complexity index is 612. The van der Waals surface area contributed by atoms with Crippen LogP contribution >= 0.6 is 0 Å². The lowest BCUT2D eigenvalue weighted by molar-refractivity contribution is -0.136. The molecule has 0 atom stereocenters. The molecular formula is C15H14N2O3. The van der Waals surface area contributed by atoms with Crippen LogP contribution in [0.4, 0.5) is 0 Å². The second kappa shape index (κ2) is 6.47. The minimum absolute atomic E-state index is 0.0543. The third kappa shape index (κ3) is 3.65. The maximum Gasteiger partial charge on any atom is 0.307 e. The van der Waals surface area contributed by atoms with E-state index in [1.54, 1.807) is 36.7 Å². The molecule has 0 saturated heterocycles. The van der Waals surface area contributed by atoms with Crippen molar-refractivity contribution < 1.29 is 14.7 Å². The fourth-order valence-electron chi connectivity index (χ4n) is 1.85. The molecule has 0 aliphatic heterocycles. The van der Waals surface area contributed by atoms with Gasteiger partial charge in [-0.1, -0.05) is 24.3 Å².